The highest BCUT2D eigenvalue weighted by Crippen LogP contribution is 2.45. The van der Waals surface area contributed by atoms with E-state index in [4.69, 9.17) is 13.8 Å². The Morgan fingerprint density at radius 1 is 1.69 bits per heavy atom. The average Bonchev–Trinajstić information content (AvgIpc) is 2.23. The van der Waals surface area contributed by atoms with Crippen molar-refractivity contribution in [1.82, 2.24) is 0 Å². The molecule has 0 N–H and O–H groups in total. The van der Waals surface area contributed by atoms with Crippen LogP contribution in [0.4, 0.5) is 0 Å². The molecule has 0 amide bonds. The van der Waals surface area contributed by atoms with Crippen LogP contribution >= 0.6 is 10.0 Å². The summed E-state index contributed by atoms with van der Waals surface area (Å²) in [5, 5.41) is 0. The zero-order valence-corrected chi connectivity index (χ0v) is 10.7. The molecule has 1 aliphatic rings. The van der Waals surface area contributed by atoms with Crippen molar-refractivity contribution >= 4 is 23.6 Å². The summed E-state index contributed by atoms with van der Waals surface area (Å²) < 4.78 is 5.58. The van der Waals surface area contributed by atoms with Crippen LogP contribution in [0.25, 0.3) is 0 Å². The first-order chi connectivity index (χ1) is 5.93. The minimum absolute atomic E-state index is 0.358. The summed E-state index contributed by atoms with van der Waals surface area (Å²) in [5.74, 6) is 2.51. The third-order valence-electron chi connectivity index (χ3n) is 3.02. The van der Waals surface area contributed by atoms with Gasteiger partial charge in [0.1, 0.15) is 0 Å². The van der Waals surface area contributed by atoms with Gasteiger partial charge in [0.2, 0.25) is 0 Å². The quantitative estimate of drug-likeness (QED) is 0.519. The molecule has 0 radical (unpaired) electrons. The molecule has 1 fully saturated rings. The van der Waals surface area contributed by atoms with E-state index in [1.54, 1.807) is 0 Å². The van der Waals surface area contributed by atoms with Crippen molar-refractivity contribution in [3.8, 4) is 0 Å². The van der Waals surface area contributed by atoms with Gasteiger partial charge in [-0.25, -0.2) is 10.0 Å². The van der Waals surface area contributed by atoms with Crippen LogP contribution in [0.2, 0.25) is 5.79 Å². The van der Waals surface area contributed by atoms with E-state index in [1.165, 1.54) is 12.0 Å². The summed E-state index contributed by atoms with van der Waals surface area (Å²) in [5.41, 5.74) is 1.70. The molecule has 0 bridgehead atoms. The first-order valence-electron chi connectivity index (χ1n) is 4.87. The van der Waals surface area contributed by atoms with Gasteiger partial charge in [-0.3, -0.25) is 0 Å². The summed E-state index contributed by atoms with van der Waals surface area (Å²) in [4.78, 5) is 0. The number of rotatable bonds is 3. The van der Waals surface area contributed by atoms with Gasteiger partial charge in [0.25, 0.3) is 0 Å². The van der Waals surface area contributed by atoms with Crippen LogP contribution in [-0.4, -0.2) is 20.2 Å². The van der Waals surface area contributed by atoms with Gasteiger partial charge >= 0.3 is 13.6 Å². The predicted molar refractivity (Wildman–Crippen MR) is 59.1 cm³/mol. The number of hydrogen-bond acceptors (Lipinski definition) is 1. The van der Waals surface area contributed by atoms with Crippen molar-refractivity contribution in [3.63, 3.8) is 0 Å². The Morgan fingerprint density at radius 2 is 2.31 bits per heavy atom. The highest BCUT2D eigenvalue weighted by molar-refractivity contribution is 7.02. The van der Waals surface area contributed by atoms with E-state index in [9.17, 15) is 0 Å². The molecule has 0 aliphatic heterocycles. The topological polar surface area (TPSA) is 9.23 Å². The molecule has 1 nitrogen and oxygen atoms in total. The zero-order chi connectivity index (χ0) is 10.1. The molecular formula is C10H18AlClO. The lowest BCUT2D eigenvalue weighted by Gasteiger charge is -2.27. The molecule has 13 heavy (non-hydrogen) atoms. The van der Waals surface area contributed by atoms with E-state index in [1.807, 2.05) is 5.79 Å². The second kappa shape index (κ2) is 4.36. The Bertz CT molecular complexity index is 201. The van der Waals surface area contributed by atoms with Crippen LogP contribution in [0.3, 0.4) is 0 Å². The van der Waals surface area contributed by atoms with Crippen LogP contribution in [0.5, 0.6) is 0 Å². The lowest BCUT2D eigenvalue weighted by Crippen LogP contribution is -2.25. The van der Waals surface area contributed by atoms with Crippen molar-refractivity contribution in [3.05, 3.63) is 12.2 Å². The molecule has 1 rings (SSSR count). The fourth-order valence-electron chi connectivity index (χ4n) is 1.96. The van der Waals surface area contributed by atoms with Gasteiger partial charge in [-0.1, -0.05) is 31.8 Å². The molecule has 1 saturated carbocycles. The van der Waals surface area contributed by atoms with E-state index in [0.717, 1.165) is 13.0 Å². The first-order valence-corrected chi connectivity index (χ1v) is 8.24. The second-order valence-electron chi connectivity index (χ2n) is 4.58. The number of halogens is 1. The molecule has 0 spiro atoms. The number of hydrogen-bond donors (Lipinski definition) is 0. The standard InChI is InChI=1S/C9H15O.CH3.Al.ClH/c1-7-4-5-9(2,3)8(7)6-10;;;/h8H,1,4-6H2,2-3H3;1H3;;1H/q-1;;+2;/p-1. The van der Waals surface area contributed by atoms with E-state index >= 15 is 0 Å². The van der Waals surface area contributed by atoms with Gasteiger partial charge in [0.15, 0.2) is 0 Å². The molecule has 1 atom stereocenters. The molecule has 0 aromatic carbocycles. The first kappa shape index (κ1) is 11.6. The minimum Gasteiger partial charge on any atom is -0.488 e. The van der Waals surface area contributed by atoms with Crippen LogP contribution in [0.15, 0.2) is 12.2 Å². The normalized spacial score (nSPS) is 26.5. The summed E-state index contributed by atoms with van der Waals surface area (Å²) in [6.45, 7) is 9.46. The molecule has 1 unspecified atom stereocenters. The van der Waals surface area contributed by atoms with Crippen molar-refractivity contribution in [2.24, 2.45) is 11.3 Å². The van der Waals surface area contributed by atoms with Crippen LogP contribution in [0, 0.1) is 11.3 Å². The van der Waals surface area contributed by atoms with E-state index in [0.29, 0.717) is 11.3 Å². The van der Waals surface area contributed by atoms with Crippen molar-refractivity contribution in [2.45, 2.75) is 32.5 Å². The van der Waals surface area contributed by atoms with Crippen LogP contribution in [0.1, 0.15) is 26.7 Å². The maximum atomic E-state index is 5.88. The maximum absolute atomic E-state index is 5.88. The minimum atomic E-state index is -1.38. The third kappa shape index (κ3) is 2.99. The largest absolute Gasteiger partial charge is 0.588 e. The van der Waals surface area contributed by atoms with Gasteiger partial charge in [0, 0.05) is 12.5 Å². The SMILES string of the molecule is C=C1CCC(C)(C)C1C[O][Al]([CH3])[Cl]. The molecule has 3 heteroatoms. The van der Waals surface area contributed by atoms with Crippen molar-refractivity contribution in [2.75, 3.05) is 6.61 Å². The summed E-state index contributed by atoms with van der Waals surface area (Å²) in [7, 11) is 5.88. The van der Waals surface area contributed by atoms with E-state index in [-0.39, 0.29) is 0 Å². The van der Waals surface area contributed by atoms with Crippen molar-refractivity contribution in [1.29, 1.82) is 0 Å². The third-order valence-corrected chi connectivity index (χ3v) is 4.05. The molecule has 1 aliphatic carbocycles. The smallest absolute Gasteiger partial charge is 0.488 e. The summed E-state index contributed by atoms with van der Waals surface area (Å²) >= 11 is -1.38. The fraction of sp³-hybridized carbons (Fsp3) is 0.800. The second-order valence-corrected chi connectivity index (χ2v) is 7.84. The molecule has 0 aromatic heterocycles. The van der Waals surface area contributed by atoms with E-state index < -0.39 is 13.6 Å². The summed E-state index contributed by atoms with van der Waals surface area (Å²) in [6.07, 6.45) is 2.39. The van der Waals surface area contributed by atoms with Crippen molar-refractivity contribution < 1.29 is 3.79 Å². The molecule has 74 valence electrons. The van der Waals surface area contributed by atoms with Gasteiger partial charge in [-0.2, -0.15) is 0 Å². The molecule has 0 heterocycles. The predicted octanol–water partition coefficient (Wildman–Crippen LogP) is 3.35. The average molecular weight is 217 g/mol. The Morgan fingerprint density at radius 3 is 2.69 bits per heavy atom. The zero-order valence-electron chi connectivity index (χ0n) is 8.77. The highest BCUT2D eigenvalue weighted by atomic mass is 35.6. The van der Waals surface area contributed by atoms with Crippen LogP contribution < -0.4 is 0 Å². The lowest BCUT2D eigenvalue weighted by atomic mass is 9.81. The Hall–Kier alpha value is 0.522. The lowest BCUT2D eigenvalue weighted by molar-refractivity contribution is 0.185. The molecule has 0 saturated heterocycles. The van der Waals surface area contributed by atoms with Gasteiger partial charge in [-0.15, -0.1) is 0 Å². The van der Waals surface area contributed by atoms with Crippen LogP contribution in [-0.2, 0) is 3.79 Å². The van der Waals surface area contributed by atoms with E-state index in [2.05, 4.69) is 20.4 Å². The van der Waals surface area contributed by atoms with Gasteiger partial charge in [-0.05, 0) is 18.3 Å². The molecular weight excluding hydrogens is 199 g/mol. The van der Waals surface area contributed by atoms with Gasteiger partial charge < -0.3 is 3.79 Å². The Labute approximate surface area is 90.0 Å². The monoisotopic (exact) mass is 216 g/mol. The Kier molecular flexibility index (Phi) is 3.89. The highest BCUT2D eigenvalue weighted by Gasteiger charge is 2.37. The maximum Gasteiger partial charge on any atom is 0.588 e. The van der Waals surface area contributed by atoms with Gasteiger partial charge in [0.05, 0.1) is 0 Å². The Balaban J connectivity index is 2.51. The summed E-state index contributed by atoms with van der Waals surface area (Å²) in [6, 6.07) is 0. The fourth-order valence-corrected chi connectivity index (χ4v) is 2.63. The molecule has 0 aromatic rings.